The number of aromatic nitrogens is 1. The third-order valence-electron chi connectivity index (χ3n) is 3.35. The summed E-state index contributed by atoms with van der Waals surface area (Å²) in [5.74, 6) is -0.360. The molecule has 2 heterocycles. The minimum atomic E-state index is -0.360. The molecule has 0 bridgehead atoms. The van der Waals surface area contributed by atoms with E-state index in [2.05, 4.69) is 33.6 Å². The maximum absolute atomic E-state index is 11.3. The number of nitrogens with zero attached hydrogens (tertiary/aromatic N) is 3. The number of anilines is 1. The van der Waals surface area contributed by atoms with Gasteiger partial charge >= 0.3 is 5.97 Å². The van der Waals surface area contributed by atoms with E-state index in [-0.39, 0.29) is 5.97 Å². The molecule has 100 valence electrons. The predicted octanol–water partition coefficient (Wildman–Crippen LogP) is 1.46. The largest absolute Gasteiger partial charge is 0.464 e. The number of piperidine rings is 1. The standard InChI is InChI=1S/C12H19N3O2S/c1-14(2)9-4-6-15(7-5-9)12-13-10(8-18-12)11(16)17-3/h8-9H,4-7H2,1-3H3. The molecule has 0 radical (unpaired) electrons. The van der Waals surface area contributed by atoms with Crippen molar-refractivity contribution in [2.45, 2.75) is 18.9 Å². The third-order valence-corrected chi connectivity index (χ3v) is 4.25. The Labute approximate surface area is 111 Å². The molecule has 0 N–H and O–H groups in total. The summed E-state index contributed by atoms with van der Waals surface area (Å²) in [6.45, 7) is 1.99. The van der Waals surface area contributed by atoms with Gasteiger partial charge in [0, 0.05) is 24.5 Å². The van der Waals surface area contributed by atoms with Crippen molar-refractivity contribution in [2.75, 3.05) is 39.2 Å². The molecule has 0 saturated carbocycles. The Kier molecular flexibility index (Phi) is 4.19. The van der Waals surface area contributed by atoms with Crippen molar-refractivity contribution in [2.24, 2.45) is 0 Å². The number of rotatable bonds is 3. The number of esters is 1. The number of ether oxygens (including phenoxy) is 1. The van der Waals surface area contributed by atoms with E-state index in [4.69, 9.17) is 0 Å². The number of hydrogen-bond acceptors (Lipinski definition) is 6. The number of thiazole rings is 1. The molecule has 0 aromatic carbocycles. The SMILES string of the molecule is COC(=O)c1csc(N2CCC(N(C)C)CC2)n1. The molecule has 1 fully saturated rings. The lowest BCUT2D eigenvalue weighted by molar-refractivity contribution is 0.0595. The summed E-state index contributed by atoms with van der Waals surface area (Å²) in [6.07, 6.45) is 2.28. The van der Waals surface area contributed by atoms with Gasteiger partial charge in [-0.25, -0.2) is 9.78 Å². The van der Waals surface area contributed by atoms with Gasteiger partial charge in [-0.2, -0.15) is 0 Å². The van der Waals surface area contributed by atoms with Crippen LogP contribution in [0.4, 0.5) is 5.13 Å². The molecule has 1 aromatic rings. The van der Waals surface area contributed by atoms with Crippen molar-refractivity contribution in [3.05, 3.63) is 11.1 Å². The molecule has 0 unspecified atom stereocenters. The lowest BCUT2D eigenvalue weighted by Crippen LogP contribution is -2.41. The molecule has 1 aliphatic heterocycles. The second kappa shape index (κ2) is 5.67. The summed E-state index contributed by atoms with van der Waals surface area (Å²) >= 11 is 1.51. The van der Waals surface area contributed by atoms with Crippen molar-refractivity contribution in [1.29, 1.82) is 0 Å². The summed E-state index contributed by atoms with van der Waals surface area (Å²) in [5.41, 5.74) is 0.409. The maximum Gasteiger partial charge on any atom is 0.357 e. The Morgan fingerprint density at radius 1 is 1.50 bits per heavy atom. The zero-order valence-electron chi connectivity index (χ0n) is 11.0. The molecule has 0 amide bonds. The highest BCUT2D eigenvalue weighted by atomic mass is 32.1. The Balaban J connectivity index is 1.97. The zero-order chi connectivity index (χ0) is 13.1. The monoisotopic (exact) mass is 269 g/mol. The van der Waals surface area contributed by atoms with Gasteiger partial charge in [-0.05, 0) is 26.9 Å². The van der Waals surface area contributed by atoms with Crippen LogP contribution in [0.15, 0.2) is 5.38 Å². The molecule has 5 nitrogen and oxygen atoms in total. The van der Waals surface area contributed by atoms with E-state index in [0.717, 1.165) is 31.1 Å². The van der Waals surface area contributed by atoms with E-state index < -0.39 is 0 Å². The summed E-state index contributed by atoms with van der Waals surface area (Å²) in [5, 5.41) is 2.69. The molecule has 1 aromatic heterocycles. The van der Waals surface area contributed by atoms with Gasteiger partial charge in [0.2, 0.25) is 0 Å². The van der Waals surface area contributed by atoms with E-state index in [1.165, 1.54) is 18.4 Å². The van der Waals surface area contributed by atoms with Gasteiger partial charge in [-0.3, -0.25) is 0 Å². The van der Waals surface area contributed by atoms with E-state index >= 15 is 0 Å². The summed E-state index contributed by atoms with van der Waals surface area (Å²) in [7, 11) is 5.63. The van der Waals surface area contributed by atoms with Crippen LogP contribution in [-0.2, 0) is 4.74 Å². The van der Waals surface area contributed by atoms with E-state index in [1.54, 1.807) is 5.38 Å². The van der Waals surface area contributed by atoms with Gasteiger partial charge in [0.1, 0.15) is 0 Å². The van der Waals surface area contributed by atoms with Crippen molar-refractivity contribution in [1.82, 2.24) is 9.88 Å². The van der Waals surface area contributed by atoms with Crippen LogP contribution in [-0.4, -0.2) is 56.2 Å². The van der Waals surface area contributed by atoms with Crippen LogP contribution in [0.25, 0.3) is 0 Å². The molecule has 1 saturated heterocycles. The summed E-state index contributed by atoms with van der Waals surface area (Å²) in [6, 6.07) is 0.654. The molecule has 0 atom stereocenters. The lowest BCUT2D eigenvalue weighted by atomic mass is 10.0. The highest BCUT2D eigenvalue weighted by Crippen LogP contribution is 2.25. The van der Waals surface area contributed by atoms with Crippen molar-refractivity contribution < 1.29 is 9.53 Å². The van der Waals surface area contributed by atoms with Gasteiger partial charge in [0.05, 0.1) is 7.11 Å². The van der Waals surface area contributed by atoms with Crippen LogP contribution >= 0.6 is 11.3 Å². The first-order valence-corrected chi connectivity index (χ1v) is 6.95. The van der Waals surface area contributed by atoms with Gasteiger partial charge in [-0.15, -0.1) is 11.3 Å². The Morgan fingerprint density at radius 3 is 2.72 bits per heavy atom. The van der Waals surface area contributed by atoms with Crippen molar-refractivity contribution >= 4 is 22.4 Å². The number of hydrogen-bond donors (Lipinski definition) is 0. The Morgan fingerprint density at radius 2 is 2.17 bits per heavy atom. The number of methoxy groups -OCH3 is 1. The van der Waals surface area contributed by atoms with E-state index in [0.29, 0.717) is 11.7 Å². The van der Waals surface area contributed by atoms with Gasteiger partial charge < -0.3 is 14.5 Å². The smallest absolute Gasteiger partial charge is 0.357 e. The minimum absolute atomic E-state index is 0.360. The van der Waals surface area contributed by atoms with Gasteiger partial charge in [0.25, 0.3) is 0 Å². The first-order valence-electron chi connectivity index (χ1n) is 6.07. The van der Waals surface area contributed by atoms with Crippen LogP contribution in [0.2, 0.25) is 0 Å². The second-order valence-electron chi connectivity index (χ2n) is 4.69. The topological polar surface area (TPSA) is 45.7 Å². The number of carbonyl (C=O) groups is 1. The average molecular weight is 269 g/mol. The highest BCUT2D eigenvalue weighted by molar-refractivity contribution is 7.13. The normalized spacial score (nSPS) is 17.2. The zero-order valence-corrected chi connectivity index (χ0v) is 11.9. The molecule has 18 heavy (non-hydrogen) atoms. The van der Waals surface area contributed by atoms with Crippen LogP contribution in [0, 0.1) is 0 Å². The Hall–Kier alpha value is -1.14. The fraction of sp³-hybridized carbons (Fsp3) is 0.667. The maximum atomic E-state index is 11.3. The molecule has 6 heteroatoms. The number of carbonyl (C=O) groups excluding carboxylic acids is 1. The van der Waals surface area contributed by atoms with Crippen molar-refractivity contribution in [3.63, 3.8) is 0 Å². The summed E-state index contributed by atoms with van der Waals surface area (Å²) in [4.78, 5) is 20.2. The average Bonchev–Trinajstić information content (AvgIpc) is 2.87. The summed E-state index contributed by atoms with van der Waals surface area (Å²) < 4.78 is 4.67. The quantitative estimate of drug-likeness (QED) is 0.777. The van der Waals surface area contributed by atoms with Crippen LogP contribution in [0.5, 0.6) is 0 Å². The predicted molar refractivity (Wildman–Crippen MR) is 72.4 cm³/mol. The minimum Gasteiger partial charge on any atom is -0.464 e. The van der Waals surface area contributed by atoms with Crippen LogP contribution in [0.1, 0.15) is 23.3 Å². The molecular formula is C12H19N3O2S. The van der Waals surface area contributed by atoms with Crippen molar-refractivity contribution in [3.8, 4) is 0 Å². The fourth-order valence-corrected chi connectivity index (χ4v) is 3.03. The molecule has 0 aliphatic carbocycles. The second-order valence-corrected chi connectivity index (χ2v) is 5.53. The van der Waals surface area contributed by atoms with E-state index in [1.807, 2.05) is 0 Å². The van der Waals surface area contributed by atoms with Crippen LogP contribution in [0.3, 0.4) is 0 Å². The first kappa shape index (κ1) is 13.3. The molecule has 0 spiro atoms. The molecule has 1 aliphatic rings. The van der Waals surface area contributed by atoms with E-state index in [9.17, 15) is 4.79 Å². The molecule has 2 rings (SSSR count). The van der Waals surface area contributed by atoms with Gasteiger partial charge in [-0.1, -0.05) is 0 Å². The lowest BCUT2D eigenvalue weighted by Gasteiger charge is -2.34. The Bertz CT molecular complexity index is 411. The fourth-order valence-electron chi connectivity index (χ4n) is 2.18. The third kappa shape index (κ3) is 2.81. The van der Waals surface area contributed by atoms with Gasteiger partial charge in [0.15, 0.2) is 10.8 Å². The highest BCUT2D eigenvalue weighted by Gasteiger charge is 2.23. The first-order chi connectivity index (χ1) is 8.61. The van der Waals surface area contributed by atoms with Crippen LogP contribution < -0.4 is 4.90 Å². The molecular weight excluding hydrogens is 250 g/mol.